The molecule has 232 valence electrons. The molecule has 0 amide bonds. The van der Waals surface area contributed by atoms with Gasteiger partial charge in [-0.05, 0) is 64.9 Å². The van der Waals surface area contributed by atoms with Gasteiger partial charge in [-0.3, -0.25) is 18.2 Å². The molecule has 5 N–H and O–H groups in total. The first-order valence-electron chi connectivity index (χ1n) is 12.1. The number of hydrogen-bond donors (Lipinski definition) is 5. The molecule has 19 heteroatoms. The van der Waals surface area contributed by atoms with Gasteiger partial charge in [0, 0.05) is 16.3 Å². The highest BCUT2D eigenvalue weighted by atomic mass is 32.2. The second-order valence-electron chi connectivity index (χ2n) is 9.73. The Morgan fingerprint density at radius 2 is 1.07 bits per heavy atom. The minimum Gasteiger partial charge on any atom is -0.507 e. The molecule has 0 atom stereocenters. The fourth-order valence-electron chi connectivity index (χ4n) is 5.13. The van der Waals surface area contributed by atoms with Gasteiger partial charge in [-0.25, -0.2) is 9.97 Å². The number of nitrogens with zero attached hydrogens (tertiary/aromatic N) is 2. The Bertz CT molecular complexity index is 2760. The first kappa shape index (κ1) is 30.7. The van der Waals surface area contributed by atoms with Crippen LogP contribution < -0.4 is 0 Å². The summed E-state index contributed by atoms with van der Waals surface area (Å²) in [6, 6.07) is 12.0. The Labute approximate surface area is 253 Å². The fourth-order valence-corrected chi connectivity index (χ4v) is 7.85. The predicted molar refractivity (Wildman–Crippen MR) is 158 cm³/mol. The number of rotatable bonds is 5. The molecule has 5 aromatic carbocycles. The Hall–Kier alpha value is -4.34. The molecule has 1 heterocycles. The number of phenols is 1. The summed E-state index contributed by atoms with van der Waals surface area (Å²) in [7, 11) is -20.8. The second-order valence-corrected chi connectivity index (χ2v) is 15.4. The van der Waals surface area contributed by atoms with Crippen molar-refractivity contribution in [3.05, 3.63) is 66.7 Å². The van der Waals surface area contributed by atoms with Crippen molar-refractivity contribution in [2.75, 3.05) is 0 Å². The maximum Gasteiger partial charge on any atom is 0.295 e. The molecular formula is C26H16N2O13S4. The summed E-state index contributed by atoms with van der Waals surface area (Å²) >= 11 is 0. The largest absolute Gasteiger partial charge is 0.507 e. The van der Waals surface area contributed by atoms with E-state index in [4.69, 9.17) is 0 Å². The summed E-state index contributed by atoms with van der Waals surface area (Å²) < 4.78 is 139. The number of para-hydroxylation sites is 2. The number of aromatic hydroxyl groups is 1. The van der Waals surface area contributed by atoms with Crippen LogP contribution in [0, 0.1) is 0 Å². The van der Waals surface area contributed by atoms with E-state index in [1.54, 1.807) is 18.2 Å². The predicted octanol–water partition coefficient (Wildman–Crippen LogP) is 3.45. The van der Waals surface area contributed by atoms with Gasteiger partial charge in [0.1, 0.15) is 15.5 Å². The number of phenolic OH excluding ortho intramolecular Hbond substituents is 1. The summed E-state index contributed by atoms with van der Waals surface area (Å²) in [5.74, 6) is -0.730. The minimum absolute atomic E-state index is 0.0972. The van der Waals surface area contributed by atoms with Crippen LogP contribution >= 0.6 is 0 Å². The average Bonchev–Trinajstić information content (AvgIpc) is 2.92. The lowest BCUT2D eigenvalue weighted by atomic mass is 9.92. The lowest BCUT2D eigenvalue weighted by Crippen LogP contribution is -2.07. The maximum atomic E-state index is 12.7. The monoisotopic (exact) mass is 692 g/mol. The highest BCUT2D eigenvalue weighted by Gasteiger charge is 2.29. The second kappa shape index (κ2) is 9.83. The molecule has 0 spiro atoms. The Kier molecular flexibility index (Phi) is 6.70. The summed E-state index contributed by atoms with van der Waals surface area (Å²) in [4.78, 5) is 4.78. The summed E-state index contributed by atoms with van der Waals surface area (Å²) in [5, 5.41) is 9.45. The smallest absolute Gasteiger partial charge is 0.295 e. The molecule has 6 rings (SSSR count). The molecule has 0 fully saturated rings. The van der Waals surface area contributed by atoms with E-state index in [0.29, 0.717) is 12.1 Å². The maximum absolute atomic E-state index is 12.7. The van der Waals surface area contributed by atoms with Gasteiger partial charge in [-0.2, -0.15) is 33.7 Å². The Balaban J connectivity index is 1.96. The van der Waals surface area contributed by atoms with E-state index in [-0.39, 0.29) is 33.0 Å². The molecule has 0 bridgehead atoms. The van der Waals surface area contributed by atoms with Gasteiger partial charge in [0.05, 0.1) is 31.9 Å². The van der Waals surface area contributed by atoms with Crippen LogP contribution in [0.4, 0.5) is 0 Å². The van der Waals surface area contributed by atoms with Crippen LogP contribution in [0.1, 0.15) is 0 Å². The third-order valence-electron chi connectivity index (χ3n) is 6.94. The molecular weight excluding hydrogens is 677 g/mol. The molecule has 45 heavy (non-hydrogen) atoms. The van der Waals surface area contributed by atoms with Crippen molar-refractivity contribution in [1.82, 2.24) is 9.97 Å². The van der Waals surface area contributed by atoms with Crippen LogP contribution in [0.3, 0.4) is 0 Å². The van der Waals surface area contributed by atoms with Crippen molar-refractivity contribution in [2.45, 2.75) is 19.6 Å². The highest BCUT2D eigenvalue weighted by Crippen LogP contribution is 2.46. The molecule has 0 unspecified atom stereocenters. The number of fused-ring (bicyclic) bond motifs is 5. The molecule has 6 aromatic rings. The number of hydrogen-bond acceptors (Lipinski definition) is 11. The van der Waals surface area contributed by atoms with Gasteiger partial charge >= 0.3 is 0 Å². The quantitative estimate of drug-likeness (QED) is 0.0984. The molecule has 0 saturated carbocycles. The van der Waals surface area contributed by atoms with E-state index in [9.17, 15) is 57.0 Å². The minimum atomic E-state index is -5.33. The highest BCUT2D eigenvalue weighted by molar-refractivity contribution is 7.87. The van der Waals surface area contributed by atoms with Gasteiger partial charge in [-0.15, -0.1) is 0 Å². The van der Waals surface area contributed by atoms with Crippen LogP contribution in [-0.2, 0) is 40.5 Å². The zero-order valence-electron chi connectivity index (χ0n) is 21.9. The lowest BCUT2D eigenvalue weighted by Gasteiger charge is -2.18. The van der Waals surface area contributed by atoms with E-state index >= 15 is 0 Å². The van der Waals surface area contributed by atoms with Gasteiger partial charge in [0.15, 0.2) is 0 Å². The third kappa shape index (κ3) is 5.23. The molecule has 1 aromatic heterocycles. The first-order chi connectivity index (χ1) is 20.7. The van der Waals surface area contributed by atoms with Crippen molar-refractivity contribution in [3.63, 3.8) is 0 Å². The van der Waals surface area contributed by atoms with Gasteiger partial charge < -0.3 is 5.11 Å². The van der Waals surface area contributed by atoms with Gasteiger partial charge in [0.2, 0.25) is 0 Å². The van der Waals surface area contributed by atoms with Crippen molar-refractivity contribution < 1.29 is 57.0 Å². The van der Waals surface area contributed by atoms with Crippen LogP contribution in [0.5, 0.6) is 5.75 Å². The Morgan fingerprint density at radius 3 is 1.62 bits per heavy atom. The molecule has 15 nitrogen and oxygen atoms in total. The normalized spacial score (nSPS) is 13.2. The van der Waals surface area contributed by atoms with Crippen molar-refractivity contribution in [1.29, 1.82) is 0 Å². The van der Waals surface area contributed by atoms with Crippen LogP contribution in [0.2, 0.25) is 0 Å². The molecule has 0 radical (unpaired) electrons. The zero-order chi connectivity index (χ0) is 32.9. The molecule has 0 aliphatic carbocycles. The summed E-state index contributed by atoms with van der Waals surface area (Å²) in [6.07, 6.45) is 0. The van der Waals surface area contributed by atoms with E-state index in [2.05, 4.69) is 9.97 Å². The third-order valence-corrected chi connectivity index (χ3v) is 10.4. The van der Waals surface area contributed by atoms with Gasteiger partial charge in [0.25, 0.3) is 40.5 Å². The van der Waals surface area contributed by atoms with Crippen LogP contribution in [-0.4, -0.2) is 67.0 Å². The van der Waals surface area contributed by atoms with Crippen molar-refractivity contribution in [3.8, 4) is 16.9 Å². The lowest BCUT2D eigenvalue weighted by molar-refractivity contribution is 0.476. The molecule has 0 aliphatic rings. The number of benzene rings is 5. The summed E-state index contributed by atoms with van der Waals surface area (Å²) in [6.45, 7) is 0. The average molecular weight is 693 g/mol. The topological polar surface area (TPSA) is 263 Å². The molecule has 0 saturated heterocycles. The standard InChI is InChI=1S/C26H16N2O13S4/c29-20-6-5-12-7-13(42(30,31)32)9-21(44(36,37)38)23(12)24(20)16-11-19-26(28-18-4-2-1-3-17(18)27-19)25-15(16)8-14(43(33,34)35)10-22(25)45(39,40)41/h1-11,29H,(H,30,31,32)(H,33,34,35)(H,36,37,38)(H,39,40,41). The van der Waals surface area contributed by atoms with E-state index in [0.717, 1.165) is 24.3 Å². The molecule has 0 aliphatic heterocycles. The van der Waals surface area contributed by atoms with E-state index in [1.807, 2.05) is 0 Å². The zero-order valence-corrected chi connectivity index (χ0v) is 25.1. The van der Waals surface area contributed by atoms with Crippen LogP contribution in [0.25, 0.3) is 54.7 Å². The van der Waals surface area contributed by atoms with Gasteiger partial charge in [-0.1, -0.05) is 18.2 Å². The number of aromatic nitrogens is 2. The summed E-state index contributed by atoms with van der Waals surface area (Å²) in [5.41, 5.74) is -0.594. The van der Waals surface area contributed by atoms with E-state index < -0.39 is 87.5 Å². The van der Waals surface area contributed by atoms with E-state index in [1.165, 1.54) is 12.1 Å². The van der Waals surface area contributed by atoms with Crippen molar-refractivity contribution in [2.24, 2.45) is 0 Å². The van der Waals surface area contributed by atoms with Crippen LogP contribution in [0.15, 0.2) is 86.3 Å². The first-order valence-corrected chi connectivity index (χ1v) is 17.9. The Morgan fingerprint density at radius 1 is 0.533 bits per heavy atom. The van der Waals surface area contributed by atoms with Crippen molar-refractivity contribution >= 4 is 84.1 Å². The SMILES string of the molecule is O=S(=O)(O)c1cc(S(=O)(=O)O)c2c(-c3cc4nc5ccccc5nc4c4c(S(=O)(=O)O)cc(S(=O)(=O)O)cc34)c(O)ccc2c1. The fraction of sp³-hybridized carbons (Fsp3) is 0.